The van der Waals surface area contributed by atoms with Crippen molar-refractivity contribution in [3.8, 4) is 11.4 Å². The van der Waals surface area contributed by atoms with Crippen LogP contribution in [-0.4, -0.2) is 115 Å². The lowest BCUT2D eigenvalue weighted by molar-refractivity contribution is -0.143. The van der Waals surface area contributed by atoms with E-state index in [1.54, 1.807) is 124 Å². The lowest BCUT2D eigenvalue weighted by atomic mass is 10.1. The molecule has 91 heavy (non-hydrogen) atoms. The number of hydrogen-bond acceptors (Lipinski definition) is 15. The Kier molecular flexibility index (Phi) is 28.2. The predicted molar refractivity (Wildman–Crippen MR) is 347 cm³/mol. The number of nitrogens with zero attached hydrogens (tertiary/aromatic N) is 9. The van der Waals surface area contributed by atoms with Crippen LogP contribution in [0.15, 0.2) is 175 Å². The Balaban J connectivity index is 0.000000308. The zero-order chi connectivity index (χ0) is 67.4. The predicted octanol–water partition coefficient (Wildman–Crippen LogP) is 13.9. The van der Waals surface area contributed by atoms with Gasteiger partial charge < -0.3 is 45.6 Å². The van der Waals surface area contributed by atoms with Crippen molar-refractivity contribution in [2.24, 2.45) is 4.99 Å². The van der Waals surface area contributed by atoms with Crippen molar-refractivity contribution in [1.82, 2.24) is 50.5 Å². The summed E-state index contributed by atoms with van der Waals surface area (Å²) in [6.45, 7) is 19.7. The molecule has 0 radical (unpaired) electrons. The number of carbonyl (C=O) groups excluding carboxylic acids is 3. The molecule has 5 heterocycles. The number of halogens is 5. The Labute approximate surface area is 524 Å². The lowest BCUT2D eigenvalue weighted by Gasteiger charge is -2.27. The van der Waals surface area contributed by atoms with Gasteiger partial charge in [0.25, 0.3) is 17.7 Å². The summed E-state index contributed by atoms with van der Waals surface area (Å²) in [6.07, 6.45) is 3.24. The minimum atomic E-state index is -4.46. The number of H-pyrrole nitrogens is 2. The highest BCUT2D eigenvalue weighted by molar-refractivity contribution is 6.11. The number of aliphatic imine (C=N–C) groups is 1. The molecule has 0 bridgehead atoms. The molecule has 0 aliphatic rings. The highest BCUT2D eigenvalue weighted by atomic mass is 19.4. The Hall–Kier alpha value is -10.7. The molecule has 5 aromatic heterocycles. The number of esters is 1. The molecule has 2 amide bonds. The molecule has 1 atom stereocenters. The van der Waals surface area contributed by atoms with Crippen molar-refractivity contribution in [2.75, 3.05) is 49.4 Å². The number of carboxylic acids is 1. The maximum Gasteiger partial charge on any atom is 0.433 e. The highest BCUT2D eigenvalue weighted by Gasteiger charge is 2.34. The molecule has 9 rings (SSSR count). The van der Waals surface area contributed by atoms with Crippen LogP contribution < -0.4 is 25.8 Å². The molecule has 0 fully saturated rings. The van der Waals surface area contributed by atoms with Gasteiger partial charge in [-0.05, 0) is 111 Å². The fourth-order valence-corrected chi connectivity index (χ4v) is 8.08. The van der Waals surface area contributed by atoms with Crippen LogP contribution >= 0.6 is 0 Å². The van der Waals surface area contributed by atoms with Crippen LogP contribution in [0.2, 0.25) is 0 Å². The number of carboxylic acid groups (broad SMARTS) is 1. The van der Waals surface area contributed by atoms with Crippen LogP contribution in [0.25, 0.3) is 33.2 Å². The molecular weight excluding hydrogens is 1180 g/mol. The molecule has 0 unspecified atom stereocenters. The van der Waals surface area contributed by atoms with E-state index in [0.717, 1.165) is 69.8 Å². The van der Waals surface area contributed by atoms with E-state index in [1.807, 2.05) is 78.8 Å². The third kappa shape index (κ3) is 21.2. The standard InChI is InChI=1S/C32H32F2N6O3.C16H15N5O3.C12H10F3N3.3C2H6/c1-6-10-25(36-20(2)3)26-18-22-17-21(13-14-24(22)37-26)29(41)38-27(30(42)43-5)19-40(23-11-8-7-9-12-23)31-35-16-15-28(39-31)32(4,33)34;1-17-16-18-5-4-12(21-16)13-7-10-6-9(2-3-11(10)20-13)15(24)19-8-14(22)23;1-18(9-5-3-2-4-6-9)11-16-8-7-10(17-11)12(13,14)15;3*1-2/h6-18,27,37H,2,19H2,1,3-5H3,(H,38,41);2-7,20H,8H2,1H3,(H,19,24)(H,22,23)(H,17,18,21);2-8H,1H3;3*1-2H3/b10-6-,36-25?;;;;;/t27-;;;;;/m0...../s1. The van der Waals surface area contributed by atoms with E-state index in [1.165, 1.54) is 23.1 Å². The number of allylic oxidation sites excluding steroid dienone is 3. The summed E-state index contributed by atoms with van der Waals surface area (Å²) in [7, 11) is 4.56. The SMILES string of the molecule is C=C(C)N=C(/C=C\C)c1cc2cc(C(=O)N[C@@H](CN(c3ccccc3)c3nccc(C(C)(F)F)n3)C(=O)OC)ccc2[nH]1.CC.CC.CC.CN(c1ccccc1)c1nccc(C(F)(F)F)n1.CNc1nccc(-c2cc3cc(C(=O)NCC(=O)O)ccc3[nH]2)n1. The molecule has 6 N–H and O–H groups in total. The molecule has 20 nitrogen and oxygen atoms in total. The van der Waals surface area contributed by atoms with Gasteiger partial charge in [0.05, 0.1) is 36.4 Å². The normalized spacial score (nSPS) is 11.2. The molecule has 0 spiro atoms. The van der Waals surface area contributed by atoms with E-state index in [-0.39, 0.29) is 18.4 Å². The van der Waals surface area contributed by atoms with Gasteiger partial charge >= 0.3 is 18.1 Å². The number of anilines is 5. The van der Waals surface area contributed by atoms with Crippen LogP contribution in [-0.2, 0) is 26.4 Å². The summed E-state index contributed by atoms with van der Waals surface area (Å²) in [5.41, 5.74) is 5.75. The number of benzene rings is 4. The number of fused-ring (bicyclic) bond motifs is 2. The summed E-state index contributed by atoms with van der Waals surface area (Å²) in [4.78, 5) is 86.8. The van der Waals surface area contributed by atoms with Crippen molar-refractivity contribution >= 4 is 80.5 Å². The van der Waals surface area contributed by atoms with E-state index in [0.29, 0.717) is 34.2 Å². The summed E-state index contributed by atoms with van der Waals surface area (Å²) < 4.78 is 70.8. The number of carbonyl (C=O) groups is 4. The fourth-order valence-electron chi connectivity index (χ4n) is 8.08. The first-order valence-corrected chi connectivity index (χ1v) is 28.8. The second kappa shape index (κ2) is 35.3. The first-order valence-electron chi connectivity index (χ1n) is 28.8. The zero-order valence-electron chi connectivity index (χ0n) is 52.6. The fraction of sp³-hybridized carbons (Fsp3) is 0.258. The van der Waals surface area contributed by atoms with Crippen molar-refractivity contribution in [3.63, 3.8) is 0 Å². The number of aromatic amines is 2. The molecule has 4 aromatic carbocycles. The average molecular weight is 1260 g/mol. The Morgan fingerprint density at radius 3 is 1.82 bits per heavy atom. The Bertz CT molecular complexity index is 3890. The maximum atomic E-state index is 14.1. The minimum absolute atomic E-state index is 0.0102. The number of nitrogens with one attached hydrogen (secondary N) is 5. The van der Waals surface area contributed by atoms with Gasteiger partial charge in [0, 0.05) is 89.6 Å². The summed E-state index contributed by atoms with van der Waals surface area (Å²) >= 11 is 0. The molecule has 0 saturated carbocycles. The summed E-state index contributed by atoms with van der Waals surface area (Å²) in [6, 6.07) is 34.1. The second-order valence-corrected chi connectivity index (χ2v) is 18.6. The van der Waals surface area contributed by atoms with Gasteiger partial charge in [-0.25, -0.2) is 34.7 Å². The number of alkyl halides is 5. The van der Waals surface area contributed by atoms with Crippen molar-refractivity contribution < 1.29 is 51.0 Å². The quantitative estimate of drug-likeness (QED) is 0.0265. The van der Waals surface area contributed by atoms with E-state index in [2.05, 4.69) is 67.4 Å². The molecule has 0 saturated heterocycles. The molecule has 0 aliphatic carbocycles. The van der Waals surface area contributed by atoms with Gasteiger partial charge in [0.2, 0.25) is 17.8 Å². The Morgan fingerprint density at radius 2 is 1.26 bits per heavy atom. The number of aromatic nitrogens is 8. The zero-order valence-corrected chi connectivity index (χ0v) is 52.6. The van der Waals surface area contributed by atoms with Crippen molar-refractivity contribution in [2.45, 2.75) is 80.5 Å². The molecule has 25 heteroatoms. The second-order valence-electron chi connectivity index (χ2n) is 18.6. The van der Waals surface area contributed by atoms with Crippen LogP contribution in [0.1, 0.15) is 100 Å². The number of amides is 2. The number of ether oxygens (including phenoxy) is 1. The minimum Gasteiger partial charge on any atom is -0.480 e. The van der Waals surface area contributed by atoms with E-state index >= 15 is 0 Å². The van der Waals surface area contributed by atoms with E-state index < -0.39 is 59.8 Å². The monoisotopic (exact) mass is 1250 g/mol. The number of para-hydroxylation sites is 2. The first kappa shape index (κ1) is 72.8. The van der Waals surface area contributed by atoms with Gasteiger partial charge in [0.1, 0.15) is 24.0 Å². The average Bonchev–Trinajstić information content (AvgIpc) is 2.00. The largest absolute Gasteiger partial charge is 0.480 e. The number of hydrogen-bond donors (Lipinski definition) is 6. The van der Waals surface area contributed by atoms with Crippen LogP contribution in [0.4, 0.5) is 51.2 Å². The number of rotatable bonds is 18. The van der Waals surface area contributed by atoms with Gasteiger partial charge in [-0.2, -0.15) is 22.0 Å². The van der Waals surface area contributed by atoms with Gasteiger partial charge in [0.15, 0.2) is 0 Å². The molecular formula is C66H75F5N14O6. The molecule has 0 aliphatic heterocycles. The van der Waals surface area contributed by atoms with Gasteiger partial charge in [-0.3, -0.25) is 19.4 Å². The summed E-state index contributed by atoms with van der Waals surface area (Å²) in [5, 5.41) is 18.1. The number of aliphatic carboxylic acids is 1. The van der Waals surface area contributed by atoms with E-state index in [4.69, 9.17) is 9.84 Å². The maximum absolute atomic E-state index is 14.1. The third-order valence-electron chi connectivity index (χ3n) is 12.2. The Morgan fingerprint density at radius 1 is 0.714 bits per heavy atom. The van der Waals surface area contributed by atoms with Gasteiger partial charge in [-0.15, -0.1) is 0 Å². The third-order valence-corrected chi connectivity index (χ3v) is 12.2. The topological polar surface area (TPSA) is 262 Å². The van der Waals surface area contributed by atoms with E-state index in [9.17, 15) is 41.1 Å². The van der Waals surface area contributed by atoms with Crippen LogP contribution in [0.3, 0.4) is 0 Å². The van der Waals surface area contributed by atoms with Crippen LogP contribution in [0.5, 0.6) is 0 Å². The van der Waals surface area contributed by atoms with Crippen LogP contribution in [0, 0.1) is 0 Å². The highest BCUT2D eigenvalue weighted by Crippen LogP contribution is 2.31. The van der Waals surface area contributed by atoms with Crippen molar-refractivity contribution in [1.29, 1.82) is 0 Å². The summed E-state index contributed by atoms with van der Waals surface area (Å²) in [5.74, 6) is -5.54. The molecule has 9 aromatic rings. The lowest BCUT2D eigenvalue weighted by Crippen LogP contribution is -2.48. The van der Waals surface area contributed by atoms with Crippen molar-refractivity contribution in [3.05, 3.63) is 199 Å². The number of methoxy groups -OCH3 is 1. The molecule has 480 valence electrons. The first-order chi connectivity index (χ1) is 43.5. The smallest absolute Gasteiger partial charge is 0.433 e. The van der Waals surface area contributed by atoms with Gasteiger partial charge in [-0.1, -0.05) is 90.6 Å².